The molecule has 1 aliphatic carbocycles. The molecule has 2 aliphatic heterocycles. The number of piperazine rings is 1. The van der Waals surface area contributed by atoms with Crippen LogP contribution in [0.25, 0.3) is 0 Å². The Hall–Kier alpha value is -1.64. The molecule has 0 bridgehead atoms. The highest BCUT2D eigenvalue weighted by molar-refractivity contribution is 7.16. The maximum Gasteiger partial charge on any atom is 0.325 e. The van der Waals surface area contributed by atoms with Crippen molar-refractivity contribution in [3.8, 4) is 0 Å². The third-order valence-corrected chi connectivity index (χ3v) is 7.20. The smallest absolute Gasteiger partial charge is 0.325 e. The van der Waals surface area contributed by atoms with Crippen molar-refractivity contribution in [2.24, 2.45) is 0 Å². The summed E-state index contributed by atoms with van der Waals surface area (Å²) in [5.74, 6) is -0.144. The lowest BCUT2D eigenvalue weighted by molar-refractivity contribution is -0.134. The lowest BCUT2D eigenvalue weighted by Crippen LogP contribution is -2.49. The molecule has 2 saturated heterocycles. The number of hydrogen-bond donors (Lipinski definition) is 1. The van der Waals surface area contributed by atoms with Crippen molar-refractivity contribution < 1.29 is 14.4 Å². The van der Waals surface area contributed by atoms with E-state index in [-0.39, 0.29) is 30.8 Å². The van der Waals surface area contributed by atoms with Gasteiger partial charge in [0, 0.05) is 50.6 Å². The van der Waals surface area contributed by atoms with Gasteiger partial charge in [-0.25, -0.2) is 4.79 Å². The Morgan fingerprint density at radius 2 is 1.86 bits per heavy atom. The van der Waals surface area contributed by atoms with E-state index < -0.39 is 5.54 Å². The summed E-state index contributed by atoms with van der Waals surface area (Å²) in [5.41, 5.74) is -0.698. The van der Waals surface area contributed by atoms with E-state index in [0.717, 1.165) is 36.8 Å². The number of carbonyl (C=O) groups is 3. The minimum atomic E-state index is -0.698. The van der Waals surface area contributed by atoms with Gasteiger partial charge in [-0.1, -0.05) is 24.4 Å². The number of nitrogens with one attached hydrogen (secondary N) is 1. The van der Waals surface area contributed by atoms with E-state index in [9.17, 15) is 14.4 Å². The largest absolute Gasteiger partial charge is 0.340 e. The minimum absolute atomic E-state index is 0.00629. The van der Waals surface area contributed by atoms with E-state index in [1.54, 1.807) is 11.3 Å². The summed E-state index contributed by atoms with van der Waals surface area (Å²) >= 11 is 7.57. The fourth-order valence-electron chi connectivity index (χ4n) is 4.37. The lowest BCUT2D eigenvalue weighted by Gasteiger charge is -2.34. The fraction of sp³-hybridized carbons (Fsp3) is 0.632. The highest BCUT2D eigenvalue weighted by atomic mass is 35.5. The summed E-state index contributed by atoms with van der Waals surface area (Å²) in [5, 5.41) is 2.86. The fourth-order valence-corrected chi connectivity index (χ4v) is 5.50. The first-order valence-corrected chi connectivity index (χ1v) is 11.0. The molecule has 0 radical (unpaired) electrons. The van der Waals surface area contributed by atoms with Crippen LogP contribution in [-0.4, -0.2) is 70.8 Å². The number of carbonyl (C=O) groups excluding carboxylic acids is 3. The number of hydrogen-bond acceptors (Lipinski definition) is 5. The van der Waals surface area contributed by atoms with E-state index in [1.165, 1.54) is 9.78 Å². The summed E-state index contributed by atoms with van der Waals surface area (Å²) in [6, 6.07) is 3.60. The maximum atomic E-state index is 12.6. The molecule has 3 fully saturated rings. The maximum absolute atomic E-state index is 12.6. The second kappa shape index (κ2) is 8.00. The molecular weight excluding hydrogens is 400 g/mol. The second-order valence-corrected chi connectivity index (χ2v) is 9.59. The van der Waals surface area contributed by atoms with Gasteiger partial charge >= 0.3 is 6.03 Å². The van der Waals surface area contributed by atoms with Crippen molar-refractivity contribution in [3.63, 3.8) is 0 Å². The van der Waals surface area contributed by atoms with Gasteiger partial charge in [-0.3, -0.25) is 19.4 Å². The quantitative estimate of drug-likeness (QED) is 0.736. The van der Waals surface area contributed by atoms with E-state index in [1.807, 2.05) is 17.0 Å². The van der Waals surface area contributed by atoms with Crippen LogP contribution < -0.4 is 5.32 Å². The molecule has 152 valence electrons. The van der Waals surface area contributed by atoms with E-state index in [2.05, 4.69) is 10.2 Å². The van der Waals surface area contributed by atoms with Crippen LogP contribution in [0.1, 0.15) is 37.0 Å². The van der Waals surface area contributed by atoms with Gasteiger partial charge in [0.1, 0.15) is 5.54 Å². The summed E-state index contributed by atoms with van der Waals surface area (Å²) in [6.45, 7) is 3.98. The van der Waals surface area contributed by atoms with Crippen LogP contribution in [0.4, 0.5) is 4.79 Å². The predicted molar refractivity (Wildman–Crippen MR) is 107 cm³/mol. The first-order valence-electron chi connectivity index (χ1n) is 9.85. The third-order valence-electron chi connectivity index (χ3n) is 5.99. The molecule has 1 aromatic rings. The van der Waals surface area contributed by atoms with Crippen LogP contribution >= 0.6 is 22.9 Å². The summed E-state index contributed by atoms with van der Waals surface area (Å²) in [6.07, 6.45) is 3.52. The number of imide groups is 1. The van der Waals surface area contributed by atoms with Gasteiger partial charge in [-0.2, -0.15) is 0 Å². The number of rotatable bonds is 5. The van der Waals surface area contributed by atoms with Crippen LogP contribution in [0.3, 0.4) is 0 Å². The Morgan fingerprint density at radius 3 is 2.50 bits per heavy atom. The van der Waals surface area contributed by atoms with Crippen LogP contribution in [0.2, 0.25) is 4.34 Å². The van der Waals surface area contributed by atoms with Crippen LogP contribution in [0, 0.1) is 0 Å². The number of halogens is 1. The van der Waals surface area contributed by atoms with Crippen LogP contribution in [-0.2, 0) is 16.1 Å². The topological polar surface area (TPSA) is 73.0 Å². The van der Waals surface area contributed by atoms with Gasteiger partial charge in [0.2, 0.25) is 5.91 Å². The standard InChI is InChI=1S/C19H25ClN4O3S/c20-15-4-3-14(28-15)13-22-9-11-23(12-10-22)16(25)5-8-24-17(26)19(21-18(24)27)6-1-2-7-19/h3-4H,1-2,5-13H2,(H,21,27). The van der Waals surface area contributed by atoms with Crippen LogP contribution in [0.5, 0.6) is 0 Å². The first kappa shape index (κ1) is 19.7. The normalized spacial score (nSPS) is 22.3. The summed E-state index contributed by atoms with van der Waals surface area (Å²) < 4.78 is 0.795. The van der Waals surface area contributed by atoms with Crippen molar-refractivity contribution >= 4 is 40.8 Å². The minimum Gasteiger partial charge on any atom is -0.340 e. The Balaban J connectivity index is 1.24. The molecule has 1 N–H and O–H groups in total. The van der Waals surface area contributed by atoms with Gasteiger partial charge in [0.05, 0.1) is 4.34 Å². The zero-order valence-electron chi connectivity index (χ0n) is 15.8. The predicted octanol–water partition coefficient (Wildman–Crippen LogP) is 2.30. The Kier molecular flexibility index (Phi) is 5.62. The Bertz CT molecular complexity index is 769. The molecule has 4 amide bonds. The van der Waals surface area contributed by atoms with Gasteiger partial charge in [0.15, 0.2) is 0 Å². The van der Waals surface area contributed by atoms with Gasteiger partial charge in [0.25, 0.3) is 5.91 Å². The molecule has 3 aliphatic rings. The molecular formula is C19H25ClN4O3S. The van der Waals surface area contributed by atoms with Crippen molar-refractivity contribution in [1.82, 2.24) is 20.0 Å². The molecule has 1 saturated carbocycles. The molecule has 28 heavy (non-hydrogen) atoms. The Labute approximate surface area is 173 Å². The van der Waals surface area contributed by atoms with Crippen molar-refractivity contribution in [2.75, 3.05) is 32.7 Å². The molecule has 0 aromatic carbocycles. The number of nitrogens with zero attached hydrogens (tertiary/aromatic N) is 3. The zero-order valence-corrected chi connectivity index (χ0v) is 17.4. The lowest BCUT2D eigenvalue weighted by atomic mass is 9.98. The molecule has 7 nitrogen and oxygen atoms in total. The molecule has 1 aromatic heterocycles. The SMILES string of the molecule is O=C(CCN1C(=O)NC2(CCCC2)C1=O)N1CCN(Cc2ccc(Cl)s2)CC1. The van der Waals surface area contributed by atoms with E-state index in [4.69, 9.17) is 11.6 Å². The van der Waals surface area contributed by atoms with Crippen LogP contribution in [0.15, 0.2) is 12.1 Å². The van der Waals surface area contributed by atoms with Gasteiger partial charge in [-0.15, -0.1) is 11.3 Å². The second-order valence-electron chi connectivity index (χ2n) is 7.79. The number of thiophene rings is 1. The van der Waals surface area contributed by atoms with Crippen molar-refractivity contribution in [1.29, 1.82) is 0 Å². The van der Waals surface area contributed by atoms with Gasteiger partial charge < -0.3 is 10.2 Å². The molecule has 0 atom stereocenters. The zero-order chi connectivity index (χ0) is 19.7. The molecule has 4 rings (SSSR count). The van der Waals surface area contributed by atoms with Gasteiger partial charge in [-0.05, 0) is 25.0 Å². The summed E-state index contributed by atoms with van der Waals surface area (Å²) in [4.78, 5) is 44.0. The summed E-state index contributed by atoms with van der Waals surface area (Å²) in [7, 11) is 0. The average Bonchev–Trinajstić information content (AvgIpc) is 3.36. The Morgan fingerprint density at radius 1 is 1.14 bits per heavy atom. The van der Waals surface area contributed by atoms with E-state index in [0.29, 0.717) is 25.9 Å². The highest BCUT2D eigenvalue weighted by Crippen LogP contribution is 2.35. The third kappa shape index (κ3) is 3.90. The average molecular weight is 425 g/mol. The molecule has 1 spiro atoms. The first-order chi connectivity index (χ1) is 13.5. The van der Waals surface area contributed by atoms with E-state index >= 15 is 0 Å². The molecule has 3 heterocycles. The molecule has 9 heteroatoms. The molecule has 0 unspecified atom stereocenters. The number of amides is 4. The monoisotopic (exact) mass is 424 g/mol. The number of urea groups is 1. The van der Waals surface area contributed by atoms with Crippen molar-refractivity contribution in [3.05, 3.63) is 21.3 Å². The highest BCUT2D eigenvalue weighted by Gasteiger charge is 2.52. The van der Waals surface area contributed by atoms with Crippen molar-refractivity contribution in [2.45, 2.75) is 44.2 Å².